The molecule has 7 heteroatoms. The van der Waals surface area contributed by atoms with Gasteiger partial charge < -0.3 is 20.3 Å². The van der Waals surface area contributed by atoms with Crippen LogP contribution in [0.1, 0.15) is 97.7 Å². The monoisotopic (exact) mass is 489 g/mol. The molecule has 0 aromatic heterocycles. The first kappa shape index (κ1) is 30.5. The van der Waals surface area contributed by atoms with Crippen LogP contribution in [0.5, 0.6) is 0 Å². The van der Waals surface area contributed by atoms with Crippen molar-refractivity contribution in [2.75, 3.05) is 13.1 Å². The predicted octanol–water partition coefficient (Wildman–Crippen LogP) is 5.52. The maximum atomic E-state index is 13.6. The van der Waals surface area contributed by atoms with Crippen molar-refractivity contribution in [2.24, 2.45) is 5.92 Å². The molecular weight excluding hydrogens is 442 g/mol. The molecule has 0 aliphatic rings. The smallest absolute Gasteiger partial charge is 0.408 e. The lowest BCUT2D eigenvalue weighted by Gasteiger charge is -2.37. The molecule has 0 saturated carbocycles. The summed E-state index contributed by atoms with van der Waals surface area (Å²) in [5.74, 6) is -0.0503. The summed E-state index contributed by atoms with van der Waals surface area (Å²) >= 11 is 0. The Balaban J connectivity index is 3.26. The molecule has 35 heavy (non-hydrogen) atoms. The first-order valence-corrected chi connectivity index (χ1v) is 13.0. The van der Waals surface area contributed by atoms with Gasteiger partial charge in [0.1, 0.15) is 18.2 Å². The number of amides is 3. The van der Waals surface area contributed by atoms with Gasteiger partial charge in [-0.3, -0.25) is 9.59 Å². The molecule has 2 N–H and O–H groups in total. The van der Waals surface area contributed by atoms with E-state index in [1.165, 1.54) is 0 Å². The molecule has 1 rings (SSSR count). The molecule has 0 radical (unpaired) electrons. The first-order chi connectivity index (χ1) is 16.4. The van der Waals surface area contributed by atoms with Gasteiger partial charge in [-0.15, -0.1) is 0 Å². The van der Waals surface area contributed by atoms with Gasteiger partial charge >= 0.3 is 6.09 Å². The van der Waals surface area contributed by atoms with Crippen LogP contribution >= 0.6 is 0 Å². The van der Waals surface area contributed by atoms with Crippen LogP contribution in [0.4, 0.5) is 4.79 Å². The van der Waals surface area contributed by atoms with Gasteiger partial charge in [0.2, 0.25) is 11.8 Å². The Morgan fingerprint density at radius 1 is 1.03 bits per heavy atom. The van der Waals surface area contributed by atoms with Crippen LogP contribution in [0.25, 0.3) is 0 Å². The number of nitrogens with zero attached hydrogens (tertiary/aromatic N) is 1. The molecule has 1 aromatic rings. The number of carbonyl (C=O) groups excluding carboxylic acids is 3. The van der Waals surface area contributed by atoms with Crippen LogP contribution in [0.2, 0.25) is 0 Å². The lowest BCUT2D eigenvalue weighted by Crippen LogP contribution is -2.51. The third kappa shape index (κ3) is 11.6. The number of aryl methyl sites for hydroxylation is 1. The number of hydrogen-bond donors (Lipinski definition) is 2. The normalized spacial score (nSPS) is 13.2. The zero-order valence-corrected chi connectivity index (χ0v) is 23.1. The van der Waals surface area contributed by atoms with Gasteiger partial charge in [0.15, 0.2) is 0 Å². The fraction of sp³-hybridized carbons (Fsp3) is 0.679. The maximum absolute atomic E-state index is 13.6. The second kappa shape index (κ2) is 14.7. The van der Waals surface area contributed by atoms with Crippen molar-refractivity contribution < 1.29 is 19.1 Å². The van der Waals surface area contributed by atoms with E-state index in [1.807, 2.05) is 38.1 Å². The molecule has 198 valence electrons. The molecule has 0 aliphatic carbocycles. The quantitative estimate of drug-likeness (QED) is 0.357. The van der Waals surface area contributed by atoms with Gasteiger partial charge in [-0.25, -0.2) is 4.79 Å². The summed E-state index contributed by atoms with van der Waals surface area (Å²) in [6, 6.07) is 6.73. The molecule has 0 bridgehead atoms. The van der Waals surface area contributed by atoms with E-state index in [2.05, 4.69) is 31.4 Å². The van der Waals surface area contributed by atoms with Crippen molar-refractivity contribution in [3.8, 4) is 0 Å². The van der Waals surface area contributed by atoms with Crippen LogP contribution in [-0.2, 0) is 14.3 Å². The van der Waals surface area contributed by atoms with E-state index in [0.717, 1.165) is 43.2 Å². The number of benzene rings is 1. The number of alkyl carbamates (subject to hydrolysis) is 1. The van der Waals surface area contributed by atoms with Crippen LogP contribution in [0, 0.1) is 12.8 Å². The third-order valence-electron chi connectivity index (χ3n) is 5.67. The van der Waals surface area contributed by atoms with E-state index in [9.17, 15) is 14.4 Å². The summed E-state index contributed by atoms with van der Waals surface area (Å²) in [4.78, 5) is 40.9. The second-order valence-corrected chi connectivity index (χ2v) is 10.8. The SMILES string of the molecule is CCCCCNC(=O)C(c1cccc(C)c1)N(C(=O)CNC(=O)OC(C)(C)C)C(C)CCC(C)C. The standard InChI is InChI=1S/C28H47N3O4/c1-9-10-11-17-29-26(33)25(23-14-12-13-21(4)18-23)31(22(5)16-15-20(2)3)24(32)19-30-27(34)35-28(6,7)8/h12-14,18,20,22,25H,9-11,15-17,19H2,1-8H3,(H,29,33)(H,30,34). The molecular formula is C28H47N3O4. The molecule has 1 aromatic carbocycles. The Hall–Kier alpha value is -2.57. The Bertz CT molecular complexity index is 817. The lowest BCUT2D eigenvalue weighted by atomic mass is 9.97. The van der Waals surface area contributed by atoms with Gasteiger partial charge in [0.05, 0.1) is 0 Å². The Morgan fingerprint density at radius 3 is 2.29 bits per heavy atom. The minimum atomic E-state index is -0.786. The summed E-state index contributed by atoms with van der Waals surface area (Å²) < 4.78 is 5.29. The highest BCUT2D eigenvalue weighted by atomic mass is 16.6. The van der Waals surface area contributed by atoms with E-state index in [4.69, 9.17) is 4.74 Å². The molecule has 0 spiro atoms. The Morgan fingerprint density at radius 2 is 1.71 bits per heavy atom. The number of nitrogens with one attached hydrogen (secondary N) is 2. The van der Waals surface area contributed by atoms with Gasteiger partial charge in [-0.2, -0.15) is 0 Å². The van der Waals surface area contributed by atoms with E-state index >= 15 is 0 Å². The molecule has 2 atom stereocenters. The Kier molecular flexibility index (Phi) is 12.8. The molecule has 2 unspecified atom stereocenters. The van der Waals surface area contributed by atoms with Crippen molar-refractivity contribution in [1.29, 1.82) is 0 Å². The molecule has 7 nitrogen and oxygen atoms in total. The second-order valence-electron chi connectivity index (χ2n) is 10.8. The fourth-order valence-corrected chi connectivity index (χ4v) is 3.87. The molecule has 0 aliphatic heterocycles. The molecule has 0 fully saturated rings. The number of carbonyl (C=O) groups is 3. The van der Waals surface area contributed by atoms with Crippen molar-refractivity contribution in [1.82, 2.24) is 15.5 Å². The lowest BCUT2D eigenvalue weighted by molar-refractivity contribution is -0.142. The first-order valence-electron chi connectivity index (χ1n) is 13.0. The number of unbranched alkanes of at least 4 members (excludes halogenated alkanes) is 2. The van der Waals surface area contributed by atoms with Crippen molar-refractivity contribution in [2.45, 2.75) is 105 Å². The largest absolute Gasteiger partial charge is 0.444 e. The van der Waals surface area contributed by atoms with Crippen molar-refractivity contribution >= 4 is 17.9 Å². The highest BCUT2D eigenvalue weighted by Gasteiger charge is 2.35. The zero-order valence-electron chi connectivity index (χ0n) is 23.1. The van der Waals surface area contributed by atoms with Gasteiger partial charge in [0.25, 0.3) is 0 Å². The van der Waals surface area contributed by atoms with E-state index < -0.39 is 17.7 Å². The molecule has 3 amide bonds. The zero-order chi connectivity index (χ0) is 26.6. The van der Waals surface area contributed by atoms with Crippen molar-refractivity contribution in [3.05, 3.63) is 35.4 Å². The average Bonchev–Trinajstić information content (AvgIpc) is 2.75. The number of rotatable bonds is 13. The van der Waals surface area contributed by atoms with Gasteiger partial charge in [-0.05, 0) is 65.4 Å². The van der Waals surface area contributed by atoms with Crippen LogP contribution in [-0.4, -0.2) is 47.5 Å². The predicted molar refractivity (Wildman–Crippen MR) is 141 cm³/mol. The minimum absolute atomic E-state index is 0.197. The third-order valence-corrected chi connectivity index (χ3v) is 5.67. The minimum Gasteiger partial charge on any atom is -0.444 e. The Labute approximate surface area is 212 Å². The van der Waals surface area contributed by atoms with Crippen LogP contribution in [0.15, 0.2) is 24.3 Å². The van der Waals surface area contributed by atoms with Gasteiger partial charge in [0, 0.05) is 12.6 Å². The molecule has 0 heterocycles. The number of ether oxygens (including phenoxy) is 1. The average molecular weight is 490 g/mol. The van der Waals surface area contributed by atoms with E-state index in [-0.39, 0.29) is 24.4 Å². The summed E-state index contributed by atoms with van der Waals surface area (Å²) in [5, 5.41) is 5.61. The number of hydrogen-bond acceptors (Lipinski definition) is 4. The fourth-order valence-electron chi connectivity index (χ4n) is 3.87. The van der Waals surface area contributed by atoms with E-state index in [0.29, 0.717) is 12.5 Å². The summed E-state index contributed by atoms with van der Waals surface area (Å²) in [5.41, 5.74) is 1.11. The maximum Gasteiger partial charge on any atom is 0.408 e. The van der Waals surface area contributed by atoms with E-state index in [1.54, 1.807) is 25.7 Å². The van der Waals surface area contributed by atoms with Crippen LogP contribution < -0.4 is 10.6 Å². The van der Waals surface area contributed by atoms with Gasteiger partial charge in [-0.1, -0.05) is 63.4 Å². The highest BCUT2D eigenvalue weighted by Crippen LogP contribution is 2.27. The highest BCUT2D eigenvalue weighted by molar-refractivity contribution is 5.90. The topological polar surface area (TPSA) is 87.7 Å². The van der Waals surface area contributed by atoms with Crippen LogP contribution in [0.3, 0.4) is 0 Å². The molecule has 0 saturated heterocycles. The summed E-state index contributed by atoms with van der Waals surface area (Å²) in [6.07, 6.45) is 3.99. The van der Waals surface area contributed by atoms with Crippen molar-refractivity contribution in [3.63, 3.8) is 0 Å². The summed E-state index contributed by atoms with van der Waals surface area (Å²) in [6.45, 7) is 16.0. The summed E-state index contributed by atoms with van der Waals surface area (Å²) in [7, 11) is 0.